The van der Waals surface area contributed by atoms with Gasteiger partial charge in [-0.3, -0.25) is 5.41 Å². The van der Waals surface area contributed by atoms with E-state index in [1.807, 2.05) is 6.20 Å². The van der Waals surface area contributed by atoms with Crippen LogP contribution in [0.25, 0.3) is 17.3 Å². The molecule has 2 aromatic rings. The zero-order valence-corrected chi connectivity index (χ0v) is 17.8. The first-order valence-corrected chi connectivity index (χ1v) is 11.3. The van der Waals surface area contributed by atoms with Crippen molar-refractivity contribution < 1.29 is 4.74 Å². The van der Waals surface area contributed by atoms with E-state index in [-0.39, 0.29) is 5.90 Å². The predicted molar refractivity (Wildman–Crippen MR) is 123 cm³/mol. The van der Waals surface area contributed by atoms with E-state index in [2.05, 4.69) is 44.0 Å². The molecule has 6 heteroatoms. The molecule has 0 spiro atoms. The number of rotatable bonds is 8. The van der Waals surface area contributed by atoms with Crippen LogP contribution < -0.4 is 4.90 Å². The molecule has 160 valence electrons. The van der Waals surface area contributed by atoms with Crippen molar-refractivity contribution >= 4 is 17.7 Å². The number of piperidine rings is 1. The molecule has 0 radical (unpaired) electrons. The molecule has 1 aromatic carbocycles. The van der Waals surface area contributed by atoms with E-state index in [0.717, 1.165) is 43.1 Å². The number of hydrogen-bond acceptors (Lipinski definition) is 5. The second-order valence-corrected chi connectivity index (χ2v) is 8.23. The van der Waals surface area contributed by atoms with Gasteiger partial charge in [0.15, 0.2) is 0 Å². The number of nitrogens with zero attached hydrogens (tertiary/aromatic N) is 3. The van der Waals surface area contributed by atoms with Gasteiger partial charge in [-0.05, 0) is 63.4 Å². The number of benzene rings is 1. The van der Waals surface area contributed by atoms with Gasteiger partial charge in [0, 0.05) is 37.0 Å². The number of anilines is 1. The summed E-state index contributed by atoms with van der Waals surface area (Å²) in [5.41, 5.74) is 3.40. The maximum Gasteiger partial charge on any atom is 0.205 e. The molecular weight excluding hydrogens is 374 g/mol. The maximum atomic E-state index is 7.99. The number of hydrogen-bond donors (Lipinski definition) is 2. The van der Waals surface area contributed by atoms with Crippen LogP contribution in [-0.2, 0) is 4.74 Å². The third kappa shape index (κ3) is 5.72. The standard InChI is InChI=1S/C24H33N5O/c25-23(30-17-7-14-28-12-2-1-3-13-28)10-11-24-26-19-22(27-24)20-8-6-9-21(18-20)29-15-4-5-16-29/h6,8-11,18-19,25H,1-5,7,12-17H2,(H,26,27)/b11-10-,25-23?. The van der Waals surface area contributed by atoms with Gasteiger partial charge in [0.25, 0.3) is 0 Å². The number of likely N-dealkylation sites (tertiary alicyclic amines) is 1. The Morgan fingerprint density at radius 2 is 1.90 bits per heavy atom. The van der Waals surface area contributed by atoms with Crippen molar-refractivity contribution in [3.8, 4) is 11.3 Å². The molecule has 0 bridgehead atoms. The third-order valence-corrected chi connectivity index (χ3v) is 5.94. The molecule has 0 aliphatic carbocycles. The molecule has 2 aliphatic heterocycles. The van der Waals surface area contributed by atoms with E-state index in [9.17, 15) is 0 Å². The van der Waals surface area contributed by atoms with Crippen molar-refractivity contribution in [2.75, 3.05) is 44.2 Å². The van der Waals surface area contributed by atoms with E-state index < -0.39 is 0 Å². The van der Waals surface area contributed by atoms with Crippen LogP contribution in [0.2, 0.25) is 0 Å². The summed E-state index contributed by atoms with van der Waals surface area (Å²) in [4.78, 5) is 12.7. The molecule has 3 heterocycles. The summed E-state index contributed by atoms with van der Waals surface area (Å²) < 4.78 is 5.54. The molecule has 2 fully saturated rings. The zero-order valence-electron chi connectivity index (χ0n) is 17.8. The van der Waals surface area contributed by atoms with Gasteiger partial charge in [0.1, 0.15) is 5.82 Å². The van der Waals surface area contributed by atoms with Crippen LogP contribution in [0.5, 0.6) is 0 Å². The Labute approximate surface area is 179 Å². The quantitative estimate of drug-likeness (QED) is 0.382. The van der Waals surface area contributed by atoms with Crippen LogP contribution in [-0.4, -0.2) is 60.1 Å². The van der Waals surface area contributed by atoms with Crippen molar-refractivity contribution in [3.05, 3.63) is 42.4 Å². The third-order valence-electron chi connectivity index (χ3n) is 5.94. The second kappa shape index (κ2) is 10.4. The van der Waals surface area contributed by atoms with Crippen molar-refractivity contribution in [1.82, 2.24) is 14.9 Å². The number of imidazole rings is 1. The Morgan fingerprint density at radius 1 is 1.10 bits per heavy atom. The van der Waals surface area contributed by atoms with Crippen LogP contribution >= 0.6 is 0 Å². The Kier molecular flexibility index (Phi) is 7.19. The lowest BCUT2D eigenvalue weighted by molar-refractivity contribution is 0.202. The Balaban J connectivity index is 1.25. The van der Waals surface area contributed by atoms with Gasteiger partial charge >= 0.3 is 0 Å². The largest absolute Gasteiger partial charge is 0.478 e. The fourth-order valence-corrected chi connectivity index (χ4v) is 4.27. The molecular formula is C24H33N5O. The van der Waals surface area contributed by atoms with Crippen LogP contribution in [0, 0.1) is 5.41 Å². The first-order valence-electron chi connectivity index (χ1n) is 11.3. The van der Waals surface area contributed by atoms with Gasteiger partial charge in [0.2, 0.25) is 5.90 Å². The van der Waals surface area contributed by atoms with Gasteiger partial charge in [-0.25, -0.2) is 4.98 Å². The van der Waals surface area contributed by atoms with E-state index in [0.29, 0.717) is 6.61 Å². The molecule has 0 atom stereocenters. The molecule has 2 saturated heterocycles. The van der Waals surface area contributed by atoms with Crippen LogP contribution in [0.4, 0.5) is 5.69 Å². The topological polar surface area (TPSA) is 68.2 Å². The number of nitrogens with one attached hydrogen (secondary N) is 2. The minimum atomic E-state index is 0.183. The fraction of sp³-hybridized carbons (Fsp3) is 0.500. The Bertz CT molecular complexity index is 847. The summed E-state index contributed by atoms with van der Waals surface area (Å²) in [5, 5.41) is 7.99. The van der Waals surface area contributed by atoms with Gasteiger partial charge in [0.05, 0.1) is 18.5 Å². The number of aromatic nitrogens is 2. The average Bonchev–Trinajstić information content (AvgIpc) is 3.49. The highest BCUT2D eigenvalue weighted by Crippen LogP contribution is 2.26. The molecule has 4 rings (SSSR count). The van der Waals surface area contributed by atoms with Crippen molar-refractivity contribution in [1.29, 1.82) is 5.41 Å². The average molecular weight is 408 g/mol. The summed E-state index contributed by atoms with van der Waals surface area (Å²) in [6.45, 7) is 6.35. The van der Waals surface area contributed by atoms with Gasteiger partial charge in [-0.1, -0.05) is 18.6 Å². The molecule has 6 nitrogen and oxygen atoms in total. The smallest absolute Gasteiger partial charge is 0.205 e. The van der Waals surface area contributed by atoms with Crippen LogP contribution in [0.15, 0.2) is 36.5 Å². The highest BCUT2D eigenvalue weighted by molar-refractivity contribution is 5.88. The molecule has 30 heavy (non-hydrogen) atoms. The highest BCUT2D eigenvalue weighted by Gasteiger charge is 2.13. The van der Waals surface area contributed by atoms with Crippen molar-refractivity contribution in [3.63, 3.8) is 0 Å². The van der Waals surface area contributed by atoms with E-state index >= 15 is 0 Å². The summed E-state index contributed by atoms with van der Waals surface area (Å²) in [6.07, 6.45) is 12.8. The van der Waals surface area contributed by atoms with E-state index in [1.165, 1.54) is 50.9 Å². The molecule has 1 aromatic heterocycles. The SMILES string of the molecule is N=C(/C=C\c1ncc(-c2cccc(N3CCCC3)c2)[nH]1)OCCCN1CCCCC1. The summed E-state index contributed by atoms with van der Waals surface area (Å²) in [6, 6.07) is 8.61. The highest BCUT2D eigenvalue weighted by atomic mass is 16.5. The number of aromatic amines is 1. The summed E-state index contributed by atoms with van der Waals surface area (Å²) in [5.74, 6) is 0.917. The monoisotopic (exact) mass is 407 g/mol. The van der Waals surface area contributed by atoms with Gasteiger partial charge < -0.3 is 19.5 Å². The summed E-state index contributed by atoms with van der Waals surface area (Å²) in [7, 11) is 0. The minimum absolute atomic E-state index is 0.183. The molecule has 2 N–H and O–H groups in total. The van der Waals surface area contributed by atoms with Gasteiger partial charge in [-0.15, -0.1) is 0 Å². The Morgan fingerprint density at radius 3 is 2.73 bits per heavy atom. The summed E-state index contributed by atoms with van der Waals surface area (Å²) >= 11 is 0. The van der Waals surface area contributed by atoms with E-state index in [4.69, 9.17) is 10.1 Å². The molecule has 2 aliphatic rings. The van der Waals surface area contributed by atoms with Gasteiger partial charge in [-0.2, -0.15) is 0 Å². The first-order chi connectivity index (χ1) is 14.8. The Hall–Kier alpha value is -2.60. The second-order valence-electron chi connectivity index (χ2n) is 8.23. The van der Waals surface area contributed by atoms with Crippen LogP contribution in [0.1, 0.15) is 44.3 Å². The first kappa shape index (κ1) is 20.7. The minimum Gasteiger partial charge on any atom is -0.478 e. The molecule has 0 unspecified atom stereocenters. The van der Waals surface area contributed by atoms with E-state index in [1.54, 1.807) is 12.2 Å². The predicted octanol–water partition coefficient (Wildman–Crippen LogP) is 4.56. The van der Waals surface area contributed by atoms with Crippen molar-refractivity contribution in [2.24, 2.45) is 0 Å². The zero-order chi connectivity index (χ0) is 20.6. The normalized spacial score (nSPS) is 17.7. The molecule has 0 amide bonds. The lowest BCUT2D eigenvalue weighted by Gasteiger charge is -2.26. The molecule has 0 saturated carbocycles. The number of H-pyrrole nitrogens is 1. The van der Waals surface area contributed by atoms with Crippen molar-refractivity contribution in [2.45, 2.75) is 38.5 Å². The lowest BCUT2D eigenvalue weighted by Crippen LogP contribution is -2.31. The number of ether oxygens (including phenoxy) is 1. The lowest BCUT2D eigenvalue weighted by atomic mass is 10.1. The van der Waals surface area contributed by atoms with Crippen LogP contribution in [0.3, 0.4) is 0 Å². The fourth-order valence-electron chi connectivity index (χ4n) is 4.27. The maximum absolute atomic E-state index is 7.99.